The molecule has 0 aliphatic rings. The van der Waals surface area contributed by atoms with Crippen molar-refractivity contribution in [3.05, 3.63) is 18.2 Å². The van der Waals surface area contributed by atoms with Crippen LogP contribution in [0.5, 0.6) is 0 Å². The van der Waals surface area contributed by atoms with Crippen molar-refractivity contribution in [2.75, 3.05) is 0 Å². The van der Waals surface area contributed by atoms with Gasteiger partial charge in [-0.15, -0.1) is 0 Å². The Kier molecular flexibility index (Phi) is 7.93. The van der Waals surface area contributed by atoms with Gasteiger partial charge in [0.15, 0.2) is 0 Å². The van der Waals surface area contributed by atoms with Crippen LogP contribution in [-0.4, -0.2) is 15.9 Å². The molecule has 1 rings (SSSR count). The number of aromatic nitrogens is 2. The monoisotopic (exact) mass is 251 g/mol. The van der Waals surface area contributed by atoms with E-state index in [-0.39, 0.29) is 5.91 Å². The lowest BCUT2D eigenvalue weighted by Crippen LogP contribution is -2.22. The van der Waals surface area contributed by atoms with Gasteiger partial charge < -0.3 is 10.3 Å². The fraction of sp³-hybridized carbons (Fsp3) is 0.714. The highest BCUT2D eigenvalue weighted by Gasteiger charge is 2.01. The van der Waals surface area contributed by atoms with Gasteiger partial charge in [-0.1, -0.05) is 45.4 Å². The first-order valence-corrected chi connectivity index (χ1v) is 7.08. The van der Waals surface area contributed by atoms with Crippen molar-refractivity contribution in [2.45, 2.75) is 64.8 Å². The van der Waals surface area contributed by atoms with Crippen LogP contribution in [0.2, 0.25) is 0 Å². The number of hydrogen-bond acceptors (Lipinski definition) is 2. The highest BCUT2D eigenvalue weighted by molar-refractivity contribution is 5.75. The number of amides is 1. The first-order valence-electron chi connectivity index (χ1n) is 7.08. The summed E-state index contributed by atoms with van der Waals surface area (Å²) in [5.74, 6) is 0.933. The molecule has 0 saturated carbocycles. The Morgan fingerprint density at radius 2 is 1.94 bits per heavy atom. The van der Waals surface area contributed by atoms with Crippen molar-refractivity contribution in [1.82, 2.24) is 15.3 Å². The summed E-state index contributed by atoms with van der Waals surface area (Å²) in [6.07, 6.45) is 12.8. The Balaban J connectivity index is 1.90. The largest absolute Gasteiger partial charge is 0.349 e. The van der Waals surface area contributed by atoms with E-state index in [1.54, 1.807) is 12.4 Å². The minimum absolute atomic E-state index is 0.125. The van der Waals surface area contributed by atoms with Crippen molar-refractivity contribution >= 4 is 5.91 Å². The molecule has 0 bridgehead atoms. The number of rotatable bonds is 10. The molecule has 2 N–H and O–H groups in total. The van der Waals surface area contributed by atoms with Crippen molar-refractivity contribution in [2.24, 2.45) is 0 Å². The average Bonchev–Trinajstić information content (AvgIpc) is 2.88. The van der Waals surface area contributed by atoms with E-state index in [9.17, 15) is 4.79 Å². The lowest BCUT2D eigenvalue weighted by Gasteiger charge is -2.03. The quantitative estimate of drug-likeness (QED) is 0.627. The molecular formula is C14H25N3O. The van der Waals surface area contributed by atoms with Crippen molar-refractivity contribution in [3.63, 3.8) is 0 Å². The van der Waals surface area contributed by atoms with Gasteiger partial charge in [0, 0.05) is 18.8 Å². The summed E-state index contributed by atoms with van der Waals surface area (Å²) in [4.78, 5) is 18.5. The molecule has 102 valence electrons. The summed E-state index contributed by atoms with van der Waals surface area (Å²) in [6, 6.07) is 0. The molecule has 0 aliphatic carbocycles. The van der Waals surface area contributed by atoms with Crippen LogP contribution >= 0.6 is 0 Å². The maximum Gasteiger partial charge on any atom is 0.220 e. The van der Waals surface area contributed by atoms with Crippen molar-refractivity contribution in [1.29, 1.82) is 0 Å². The number of unbranched alkanes of at least 4 members (excludes halogenated alkanes) is 6. The summed E-state index contributed by atoms with van der Waals surface area (Å²) >= 11 is 0. The van der Waals surface area contributed by atoms with Gasteiger partial charge in [0.25, 0.3) is 0 Å². The smallest absolute Gasteiger partial charge is 0.220 e. The number of H-pyrrole nitrogens is 1. The van der Waals surface area contributed by atoms with Crippen LogP contribution in [0.25, 0.3) is 0 Å². The summed E-state index contributed by atoms with van der Waals surface area (Å²) in [5.41, 5.74) is 0. The van der Waals surface area contributed by atoms with Gasteiger partial charge in [-0.3, -0.25) is 4.79 Å². The van der Waals surface area contributed by atoms with Crippen LogP contribution < -0.4 is 5.32 Å². The Hall–Kier alpha value is -1.32. The van der Waals surface area contributed by atoms with Crippen LogP contribution in [0.4, 0.5) is 0 Å². The first-order chi connectivity index (χ1) is 8.83. The molecule has 0 saturated heterocycles. The summed E-state index contributed by atoms with van der Waals surface area (Å²) in [6.45, 7) is 2.73. The molecule has 0 aliphatic heterocycles. The van der Waals surface area contributed by atoms with E-state index >= 15 is 0 Å². The average molecular weight is 251 g/mol. The normalized spacial score (nSPS) is 10.5. The molecule has 0 spiro atoms. The van der Waals surface area contributed by atoms with Gasteiger partial charge >= 0.3 is 0 Å². The second-order valence-corrected chi connectivity index (χ2v) is 4.68. The Labute approximate surface area is 110 Å². The van der Waals surface area contributed by atoms with Crippen LogP contribution in [0, 0.1) is 0 Å². The molecule has 1 aromatic rings. The van der Waals surface area contributed by atoms with Crippen molar-refractivity contribution < 1.29 is 4.79 Å². The molecule has 0 fully saturated rings. The van der Waals surface area contributed by atoms with Crippen LogP contribution in [0.1, 0.15) is 64.1 Å². The number of nitrogens with one attached hydrogen (secondary N) is 2. The fourth-order valence-electron chi connectivity index (χ4n) is 1.91. The van der Waals surface area contributed by atoms with Gasteiger partial charge in [0.2, 0.25) is 5.91 Å². The van der Waals surface area contributed by atoms with Crippen molar-refractivity contribution in [3.8, 4) is 0 Å². The Bertz CT molecular complexity index is 309. The zero-order chi connectivity index (χ0) is 13.1. The molecule has 4 nitrogen and oxygen atoms in total. The number of nitrogens with zero attached hydrogens (tertiary/aromatic N) is 1. The van der Waals surface area contributed by atoms with Crippen LogP contribution in [0.3, 0.4) is 0 Å². The molecule has 0 unspecified atom stereocenters. The molecule has 0 radical (unpaired) electrons. The SMILES string of the molecule is CCCCCCCCCC(=O)NCc1ncc[nH]1. The molecule has 1 heterocycles. The van der Waals surface area contributed by atoms with E-state index in [1.807, 2.05) is 0 Å². The Morgan fingerprint density at radius 3 is 2.61 bits per heavy atom. The van der Waals surface area contributed by atoms with Gasteiger partial charge in [-0.25, -0.2) is 4.98 Å². The third-order valence-electron chi connectivity index (χ3n) is 3.02. The van der Waals surface area contributed by atoms with Gasteiger partial charge in [0.05, 0.1) is 6.54 Å². The predicted molar refractivity (Wildman–Crippen MR) is 73.0 cm³/mol. The number of hydrogen-bond donors (Lipinski definition) is 2. The van der Waals surface area contributed by atoms with Gasteiger partial charge in [0.1, 0.15) is 5.82 Å². The van der Waals surface area contributed by atoms with E-state index in [1.165, 1.54) is 32.1 Å². The number of imidazole rings is 1. The fourth-order valence-corrected chi connectivity index (χ4v) is 1.91. The van der Waals surface area contributed by atoms with E-state index in [2.05, 4.69) is 22.2 Å². The van der Waals surface area contributed by atoms with E-state index < -0.39 is 0 Å². The minimum atomic E-state index is 0.125. The van der Waals surface area contributed by atoms with Gasteiger partial charge in [-0.05, 0) is 6.42 Å². The second-order valence-electron chi connectivity index (χ2n) is 4.68. The third kappa shape index (κ3) is 7.09. The molecular weight excluding hydrogens is 226 g/mol. The zero-order valence-electron chi connectivity index (χ0n) is 11.4. The molecule has 1 amide bonds. The second kappa shape index (κ2) is 9.68. The topological polar surface area (TPSA) is 57.8 Å². The zero-order valence-corrected chi connectivity index (χ0v) is 11.4. The van der Waals surface area contributed by atoms with Crippen LogP contribution in [0.15, 0.2) is 12.4 Å². The van der Waals surface area contributed by atoms with Gasteiger partial charge in [-0.2, -0.15) is 0 Å². The standard InChI is InChI=1S/C14H25N3O/c1-2-3-4-5-6-7-8-9-14(18)17-12-13-15-10-11-16-13/h10-11H,2-9,12H2,1H3,(H,15,16)(H,17,18). The molecule has 4 heteroatoms. The van der Waals surface area contributed by atoms with Crippen LogP contribution in [-0.2, 0) is 11.3 Å². The van der Waals surface area contributed by atoms with E-state index in [0.29, 0.717) is 13.0 Å². The predicted octanol–water partition coefficient (Wildman–Crippen LogP) is 3.17. The summed E-state index contributed by atoms with van der Waals surface area (Å²) in [5, 5.41) is 2.86. The lowest BCUT2D eigenvalue weighted by atomic mass is 10.1. The third-order valence-corrected chi connectivity index (χ3v) is 3.02. The molecule has 18 heavy (non-hydrogen) atoms. The number of carbonyl (C=O) groups is 1. The number of carbonyl (C=O) groups excluding carboxylic acids is 1. The molecule has 0 aromatic carbocycles. The minimum Gasteiger partial charge on any atom is -0.349 e. The maximum absolute atomic E-state index is 11.5. The molecule has 1 aromatic heterocycles. The highest BCUT2D eigenvalue weighted by atomic mass is 16.1. The summed E-state index contributed by atoms with van der Waals surface area (Å²) in [7, 11) is 0. The summed E-state index contributed by atoms with van der Waals surface area (Å²) < 4.78 is 0. The van der Waals surface area contributed by atoms with E-state index in [0.717, 1.165) is 18.7 Å². The lowest BCUT2D eigenvalue weighted by molar-refractivity contribution is -0.121. The first kappa shape index (κ1) is 14.7. The Morgan fingerprint density at radius 1 is 1.22 bits per heavy atom. The highest BCUT2D eigenvalue weighted by Crippen LogP contribution is 2.08. The van der Waals surface area contributed by atoms with E-state index in [4.69, 9.17) is 0 Å². The maximum atomic E-state index is 11.5. The molecule has 0 atom stereocenters. The number of aromatic amines is 1.